The van der Waals surface area contributed by atoms with Crippen LogP contribution in [0.2, 0.25) is 0 Å². The topological polar surface area (TPSA) is 15.3 Å². The van der Waals surface area contributed by atoms with E-state index in [1.807, 2.05) is 11.3 Å². The normalized spacial score (nSPS) is 21.0. The van der Waals surface area contributed by atoms with Crippen molar-refractivity contribution < 1.29 is 0 Å². The maximum atomic E-state index is 3.65. The standard InChI is InChI=1S/C17H30N2S/c1-13(2)19-9-8-14(12-19)10-18-11-15-6-7-16(20-15)17(3,4)5/h6-7,13-14,18H,8-12H2,1-5H3. The molecule has 0 saturated carbocycles. The number of hydrogen-bond acceptors (Lipinski definition) is 3. The van der Waals surface area contributed by atoms with Gasteiger partial charge in [-0.1, -0.05) is 20.8 Å². The summed E-state index contributed by atoms with van der Waals surface area (Å²) in [6.45, 7) is 16.2. The molecule has 0 bridgehead atoms. The van der Waals surface area contributed by atoms with E-state index in [0.29, 0.717) is 6.04 Å². The Hall–Kier alpha value is -0.380. The lowest BCUT2D eigenvalue weighted by Gasteiger charge is -2.20. The smallest absolute Gasteiger partial charge is 0.0299 e. The fraction of sp³-hybridized carbons (Fsp3) is 0.765. The van der Waals surface area contributed by atoms with Gasteiger partial charge in [-0.05, 0) is 56.8 Å². The molecule has 2 nitrogen and oxygen atoms in total. The molecule has 1 aliphatic rings. The van der Waals surface area contributed by atoms with Crippen molar-refractivity contribution in [2.24, 2.45) is 5.92 Å². The molecule has 1 aliphatic heterocycles. The van der Waals surface area contributed by atoms with E-state index in [0.717, 1.165) is 19.0 Å². The van der Waals surface area contributed by atoms with Gasteiger partial charge in [-0.3, -0.25) is 0 Å². The summed E-state index contributed by atoms with van der Waals surface area (Å²) in [5.41, 5.74) is 0.284. The lowest BCUT2D eigenvalue weighted by molar-refractivity contribution is 0.264. The molecule has 1 aromatic heterocycles. The Labute approximate surface area is 128 Å². The number of nitrogens with one attached hydrogen (secondary N) is 1. The molecule has 1 fully saturated rings. The first-order chi connectivity index (χ1) is 9.36. The van der Waals surface area contributed by atoms with Gasteiger partial charge in [-0.2, -0.15) is 0 Å². The summed E-state index contributed by atoms with van der Waals surface area (Å²) in [4.78, 5) is 5.55. The zero-order valence-corrected chi connectivity index (χ0v) is 14.5. The van der Waals surface area contributed by atoms with E-state index in [1.165, 1.54) is 29.3 Å². The minimum atomic E-state index is 0.284. The first kappa shape index (κ1) is 16.0. The van der Waals surface area contributed by atoms with Crippen LogP contribution in [0.15, 0.2) is 12.1 Å². The quantitative estimate of drug-likeness (QED) is 0.887. The van der Waals surface area contributed by atoms with Gasteiger partial charge >= 0.3 is 0 Å². The third-order valence-corrected chi connectivity index (χ3v) is 5.69. The van der Waals surface area contributed by atoms with Crippen molar-refractivity contribution in [3.63, 3.8) is 0 Å². The molecule has 1 aromatic rings. The maximum Gasteiger partial charge on any atom is 0.0299 e. The monoisotopic (exact) mass is 294 g/mol. The highest BCUT2D eigenvalue weighted by Gasteiger charge is 2.23. The average molecular weight is 295 g/mol. The van der Waals surface area contributed by atoms with Crippen molar-refractivity contribution in [2.75, 3.05) is 19.6 Å². The zero-order valence-electron chi connectivity index (χ0n) is 13.7. The molecule has 0 amide bonds. The summed E-state index contributed by atoms with van der Waals surface area (Å²) in [6.07, 6.45) is 1.35. The summed E-state index contributed by atoms with van der Waals surface area (Å²) < 4.78 is 0. The molecule has 1 atom stereocenters. The van der Waals surface area contributed by atoms with Crippen LogP contribution in [0.4, 0.5) is 0 Å². The highest BCUT2D eigenvalue weighted by atomic mass is 32.1. The summed E-state index contributed by atoms with van der Waals surface area (Å²) in [6, 6.07) is 5.28. The Morgan fingerprint density at radius 3 is 2.65 bits per heavy atom. The van der Waals surface area contributed by atoms with Crippen molar-refractivity contribution in [2.45, 2.75) is 59.0 Å². The molecule has 0 aliphatic carbocycles. The second-order valence-electron chi connectivity index (χ2n) is 7.39. The number of likely N-dealkylation sites (tertiary alicyclic amines) is 1. The highest BCUT2D eigenvalue weighted by Crippen LogP contribution is 2.29. The number of thiophene rings is 1. The molecule has 0 spiro atoms. The van der Waals surface area contributed by atoms with E-state index in [1.54, 1.807) is 0 Å². The molecular formula is C17H30N2S. The van der Waals surface area contributed by atoms with Crippen molar-refractivity contribution in [1.29, 1.82) is 0 Å². The van der Waals surface area contributed by atoms with Crippen LogP contribution in [0, 0.1) is 5.92 Å². The molecule has 3 heteroatoms. The van der Waals surface area contributed by atoms with Gasteiger partial charge in [0, 0.05) is 28.9 Å². The second kappa shape index (κ2) is 6.59. The number of nitrogens with zero attached hydrogens (tertiary/aromatic N) is 1. The number of rotatable bonds is 5. The van der Waals surface area contributed by atoms with Crippen LogP contribution < -0.4 is 5.32 Å². The second-order valence-corrected chi connectivity index (χ2v) is 8.56. The third kappa shape index (κ3) is 4.31. The van der Waals surface area contributed by atoms with Crippen molar-refractivity contribution >= 4 is 11.3 Å². The van der Waals surface area contributed by atoms with Crippen molar-refractivity contribution in [3.8, 4) is 0 Å². The maximum absolute atomic E-state index is 3.65. The fourth-order valence-electron chi connectivity index (χ4n) is 2.77. The van der Waals surface area contributed by atoms with Crippen LogP contribution in [0.25, 0.3) is 0 Å². The van der Waals surface area contributed by atoms with Gasteiger partial charge in [0.15, 0.2) is 0 Å². The zero-order chi connectivity index (χ0) is 14.8. The van der Waals surface area contributed by atoms with E-state index in [-0.39, 0.29) is 5.41 Å². The SMILES string of the molecule is CC(C)N1CCC(CNCc2ccc(C(C)(C)C)s2)C1. The van der Waals surface area contributed by atoms with Gasteiger partial charge in [0.1, 0.15) is 0 Å². The molecular weight excluding hydrogens is 264 g/mol. The van der Waals surface area contributed by atoms with E-state index < -0.39 is 0 Å². The van der Waals surface area contributed by atoms with Gasteiger partial charge in [0.25, 0.3) is 0 Å². The van der Waals surface area contributed by atoms with Crippen LogP contribution in [-0.2, 0) is 12.0 Å². The minimum Gasteiger partial charge on any atom is -0.312 e. The Bertz CT molecular complexity index is 417. The predicted molar refractivity (Wildman–Crippen MR) is 89.5 cm³/mol. The van der Waals surface area contributed by atoms with E-state index in [9.17, 15) is 0 Å². The van der Waals surface area contributed by atoms with Gasteiger partial charge in [0.05, 0.1) is 0 Å². The summed E-state index contributed by atoms with van der Waals surface area (Å²) in [5.74, 6) is 0.833. The highest BCUT2D eigenvalue weighted by molar-refractivity contribution is 7.12. The van der Waals surface area contributed by atoms with Crippen molar-refractivity contribution in [3.05, 3.63) is 21.9 Å². The average Bonchev–Trinajstić information content (AvgIpc) is 2.96. The summed E-state index contributed by atoms with van der Waals surface area (Å²) in [7, 11) is 0. The van der Waals surface area contributed by atoms with Crippen molar-refractivity contribution in [1.82, 2.24) is 10.2 Å². The molecule has 1 unspecified atom stereocenters. The lowest BCUT2D eigenvalue weighted by Crippen LogP contribution is -2.30. The van der Waals surface area contributed by atoms with E-state index >= 15 is 0 Å². The summed E-state index contributed by atoms with van der Waals surface area (Å²) >= 11 is 1.95. The molecule has 114 valence electrons. The van der Waals surface area contributed by atoms with Gasteiger partial charge in [-0.25, -0.2) is 0 Å². The van der Waals surface area contributed by atoms with Gasteiger partial charge < -0.3 is 10.2 Å². The van der Waals surface area contributed by atoms with Crippen LogP contribution in [-0.4, -0.2) is 30.6 Å². The Kier molecular flexibility index (Phi) is 5.27. The molecule has 0 aromatic carbocycles. The molecule has 0 radical (unpaired) electrons. The fourth-order valence-corrected chi connectivity index (χ4v) is 3.81. The van der Waals surface area contributed by atoms with Crippen LogP contribution in [0.5, 0.6) is 0 Å². The first-order valence-corrected chi connectivity index (χ1v) is 8.72. The molecule has 2 rings (SSSR count). The molecule has 1 N–H and O–H groups in total. The summed E-state index contributed by atoms with van der Waals surface area (Å²) in [5, 5.41) is 3.65. The minimum absolute atomic E-state index is 0.284. The van der Waals surface area contributed by atoms with Gasteiger partial charge in [0.2, 0.25) is 0 Å². The van der Waals surface area contributed by atoms with E-state index in [4.69, 9.17) is 0 Å². The van der Waals surface area contributed by atoms with Gasteiger partial charge in [-0.15, -0.1) is 11.3 Å². The largest absolute Gasteiger partial charge is 0.312 e. The predicted octanol–water partition coefficient (Wildman–Crippen LogP) is 3.87. The van der Waals surface area contributed by atoms with Crippen LogP contribution >= 0.6 is 11.3 Å². The van der Waals surface area contributed by atoms with E-state index in [2.05, 4.69) is 57.0 Å². The lowest BCUT2D eigenvalue weighted by atomic mass is 9.95. The molecule has 2 heterocycles. The number of hydrogen-bond donors (Lipinski definition) is 1. The molecule has 1 saturated heterocycles. The first-order valence-electron chi connectivity index (χ1n) is 7.90. The third-order valence-electron chi connectivity index (χ3n) is 4.18. The molecule has 20 heavy (non-hydrogen) atoms. The van der Waals surface area contributed by atoms with Crippen LogP contribution in [0.3, 0.4) is 0 Å². The Morgan fingerprint density at radius 2 is 2.10 bits per heavy atom. The van der Waals surface area contributed by atoms with Crippen LogP contribution in [0.1, 0.15) is 50.8 Å². The Balaban J connectivity index is 1.73. The Morgan fingerprint density at radius 1 is 1.35 bits per heavy atom.